The number of hydrogen-bond donors (Lipinski definition) is 1. The minimum Gasteiger partial charge on any atom is -0.383 e. The molecule has 3 nitrogen and oxygen atoms in total. The van der Waals surface area contributed by atoms with E-state index >= 15 is 0 Å². The molecule has 0 fully saturated rings. The first-order valence-corrected chi connectivity index (χ1v) is 6.04. The van der Waals surface area contributed by atoms with Crippen molar-refractivity contribution in [1.29, 1.82) is 0 Å². The number of nitrogen functional groups attached to an aromatic ring is 1. The zero-order valence-corrected chi connectivity index (χ0v) is 10.8. The van der Waals surface area contributed by atoms with Crippen LogP contribution < -0.4 is 5.73 Å². The van der Waals surface area contributed by atoms with Gasteiger partial charge < -0.3 is 5.73 Å². The molecule has 0 unspecified atom stereocenters. The van der Waals surface area contributed by atoms with Gasteiger partial charge in [0.1, 0.15) is 5.82 Å². The van der Waals surface area contributed by atoms with Gasteiger partial charge in [0.05, 0.1) is 0 Å². The van der Waals surface area contributed by atoms with Crippen molar-refractivity contribution in [3.63, 3.8) is 0 Å². The van der Waals surface area contributed by atoms with Crippen LogP contribution >= 0.6 is 0 Å². The van der Waals surface area contributed by atoms with E-state index in [0.29, 0.717) is 17.2 Å². The summed E-state index contributed by atoms with van der Waals surface area (Å²) in [6, 6.07) is 5.92. The zero-order valence-electron chi connectivity index (χ0n) is 10.8. The summed E-state index contributed by atoms with van der Waals surface area (Å²) in [7, 11) is 0. The Labute approximate surface area is 110 Å². The maximum Gasteiger partial charge on any atom is 0.263 e. The summed E-state index contributed by atoms with van der Waals surface area (Å²) in [5.74, 6) is 0.913. The van der Waals surface area contributed by atoms with E-state index < -0.39 is 6.43 Å². The molecule has 2 N–H and O–H groups in total. The van der Waals surface area contributed by atoms with Crippen LogP contribution in [0.2, 0.25) is 0 Å². The fourth-order valence-electron chi connectivity index (χ4n) is 1.96. The lowest BCUT2D eigenvalue weighted by Crippen LogP contribution is -2.04. The van der Waals surface area contributed by atoms with Gasteiger partial charge in [0.15, 0.2) is 5.82 Å². The lowest BCUT2D eigenvalue weighted by Gasteiger charge is -2.09. The average Bonchev–Trinajstić information content (AvgIpc) is 2.38. The van der Waals surface area contributed by atoms with Gasteiger partial charge in [-0.15, -0.1) is 0 Å². The number of aromatic nitrogens is 2. The van der Waals surface area contributed by atoms with Crippen LogP contribution in [-0.2, 0) is 6.42 Å². The predicted octanol–water partition coefficient (Wildman–Crippen LogP) is 3.53. The molecule has 0 amide bonds. The second kappa shape index (κ2) is 5.30. The van der Waals surface area contributed by atoms with Gasteiger partial charge in [0.2, 0.25) is 0 Å². The number of halogens is 2. The van der Waals surface area contributed by atoms with Crippen LogP contribution in [0.1, 0.15) is 30.2 Å². The lowest BCUT2D eigenvalue weighted by molar-refractivity contribution is 0.151. The largest absolute Gasteiger partial charge is 0.383 e. The molecule has 0 saturated carbocycles. The Bertz CT molecular complexity index is 557. The van der Waals surface area contributed by atoms with E-state index in [-0.39, 0.29) is 5.56 Å². The van der Waals surface area contributed by atoms with Crippen molar-refractivity contribution in [2.45, 2.75) is 26.7 Å². The second-order valence-electron chi connectivity index (χ2n) is 4.27. The molecular formula is C14H15F2N3. The molecule has 0 spiro atoms. The minimum absolute atomic E-state index is 0.0152. The summed E-state index contributed by atoms with van der Waals surface area (Å²) in [5.41, 5.74) is 8.29. The van der Waals surface area contributed by atoms with Crippen LogP contribution in [0.5, 0.6) is 0 Å². The summed E-state index contributed by atoms with van der Waals surface area (Å²) in [4.78, 5) is 8.60. The predicted molar refractivity (Wildman–Crippen MR) is 71.0 cm³/mol. The highest BCUT2D eigenvalue weighted by atomic mass is 19.3. The third-order valence-electron chi connectivity index (χ3n) is 3.02. The molecule has 0 aliphatic heterocycles. The van der Waals surface area contributed by atoms with Gasteiger partial charge >= 0.3 is 0 Å². The highest BCUT2D eigenvalue weighted by molar-refractivity contribution is 5.59. The SMILES string of the molecule is CCc1c(C)nc(-c2ccc(C(F)F)cc2)nc1N. The molecule has 0 atom stereocenters. The Balaban J connectivity index is 2.42. The zero-order chi connectivity index (χ0) is 14.0. The number of aryl methyl sites for hydroxylation is 1. The molecule has 0 saturated heterocycles. The van der Waals surface area contributed by atoms with Gasteiger partial charge in [-0.2, -0.15) is 0 Å². The van der Waals surface area contributed by atoms with Crippen LogP contribution in [-0.4, -0.2) is 9.97 Å². The van der Waals surface area contributed by atoms with E-state index in [1.54, 1.807) is 12.1 Å². The van der Waals surface area contributed by atoms with Gasteiger partial charge in [0, 0.05) is 22.4 Å². The average molecular weight is 263 g/mol. The van der Waals surface area contributed by atoms with E-state index in [4.69, 9.17) is 5.73 Å². The van der Waals surface area contributed by atoms with Crippen molar-refractivity contribution < 1.29 is 8.78 Å². The van der Waals surface area contributed by atoms with E-state index in [0.717, 1.165) is 17.7 Å². The number of anilines is 1. The van der Waals surface area contributed by atoms with Gasteiger partial charge in [-0.3, -0.25) is 0 Å². The molecule has 19 heavy (non-hydrogen) atoms. The number of benzene rings is 1. The third-order valence-corrected chi connectivity index (χ3v) is 3.02. The van der Waals surface area contributed by atoms with Crippen molar-refractivity contribution >= 4 is 5.82 Å². The second-order valence-corrected chi connectivity index (χ2v) is 4.27. The van der Waals surface area contributed by atoms with Gasteiger partial charge in [-0.1, -0.05) is 31.2 Å². The Morgan fingerprint density at radius 2 is 1.79 bits per heavy atom. The summed E-state index contributed by atoms with van der Waals surface area (Å²) in [6.07, 6.45) is -1.70. The maximum absolute atomic E-state index is 12.5. The summed E-state index contributed by atoms with van der Waals surface area (Å²) in [5, 5.41) is 0. The van der Waals surface area contributed by atoms with Crippen LogP contribution in [0.15, 0.2) is 24.3 Å². The third kappa shape index (κ3) is 2.70. The molecule has 1 aromatic carbocycles. The van der Waals surface area contributed by atoms with E-state index in [1.807, 2.05) is 13.8 Å². The first-order chi connectivity index (χ1) is 9.02. The smallest absolute Gasteiger partial charge is 0.263 e. The quantitative estimate of drug-likeness (QED) is 0.921. The Hall–Kier alpha value is -2.04. The molecule has 5 heteroatoms. The summed E-state index contributed by atoms with van der Waals surface area (Å²) < 4.78 is 25.0. The number of hydrogen-bond acceptors (Lipinski definition) is 3. The summed E-state index contributed by atoms with van der Waals surface area (Å²) in [6.45, 7) is 3.85. The fraction of sp³-hybridized carbons (Fsp3) is 0.286. The molecule has 1 aromatic heterocycles. The Kier molecular flexibility index (Phi) is 3.74. The first kappa shape index (κ1) is 13.4. The monoisotopic (exact) mass is 263 g/mol. The number of alkyl halides is 2. The first-order valence-electron chi connectivity index (χ1n) is 6.04. The molecule has 1 heterocycles. The number of rotatable bonds is 3. The van der Waals surface area contributed by atoms with Crippen molar-refractivity contribution in [2.24, 2.45) is 0 Å². The van der Waals surface area contributed by atoms with Crippen molar-refractivity contribution in [3.8, 4) is 11.4 Å². The molecule has 100 valence electrons. The van der Waals surface area contributed by atoms with Crippen molar-refractivity contribution in [2.75, 3.05) is 5.73 Å². The fourth-order valence-corrected chi connectivity index (χ4v) is 1.96. The molecule has 2 rings (SSSR count). The molecule has 2 aromatic rings. The van der Waals surface area contributed by atoms with Crippen LogP contribution in [0, 0.1) is 6.92 Å². The molecular weight excluding hydrogens is 248 g/mol. The molecule has 0 aliphatic carbocycles. The highest BCUT2D eigenvalue weighted by Gasteiger charge is 2.11. The van der Waals surface area contributed by atoms with Gasteiger partial charge in [-0.05, 0) is 13.3 Å². The van der Waals surface area contributed by atoms with Gasteiger partial charge in [-0.25, -0.2) is 18.7 Å². The lowest BCUT2D eigenvalue weighted by atomic mass is 10.1. The van der Waals surface area contributed by atoms with Crippen LogP contribution in [0.3, 0.4) is 0 Å². The van der Waals surface area contributed by atoms with E-state index in [1.165, 1.54) is 12.1 Å². The standard InChI is InChI=1S/C14H15F2N3/c1-3-11-8(2)18-14(19-13(11)17)10-6-4-9(5-7-10)12(15)16/h4-7,12H,3H2,1-2H3,(H2,17,18,19). The normalized spacial score (nSPS) is 11.0. The van der Waals surface area contributed by atoms with Crippen LogP contribution in [0.4, 0.5) is 14.6 Å². The van der Waals surface area contributed by atoms with E-state index in [2.05, 4.69) is 9.97 Å². The Morgan fingerprint density at radius 3 is 2.26 bits per heavy atom. The van der Waals surface area contributed by atoms with Gasteiger partial charge in [0.25, 0.3) is 6.43 Å². The Morgan fingerprint density at radius 1 is 1.16 bits per heavy atom. The van der Waals surface area contributed by atoms with E-state index in [9.17, 15) is 8.78 Å². The topological polar surface area (TPSA) is 51.8 Å². The number of nitrogens with two attached hydrogens (primary N) is 1. The van der Waals surface area contributed by atoms with Crippen LogP contribution in [0.25, 0.3) is 11.4 Å². The maximum atomic E-state index is 12.5. The molecule has 0 bridgehead atoms. The molecule has 0 radical (unpaired) electrons. The highest BCUT2D eigenvalue weighted by Crippen LogP contribution is 2.24. The molecule has 0 aliphatic rings. The van der Waals surface area contributed by atoms with Crippen molar-refractivity contribution in [1.82, 2.24) is 9.97 Å². The number of nitrogens with zero attached hydrogens (tertiary/aromatic N) is 2. The summed E-state index contributed by atoms with van der Waals surface area (Å²) >= 11 is 0. The minimum atomic E-state index is -2.47. The van der Waals surface area contributed by atoms with Crippen molar-refractivity contribution in [3.05, 3.63) is 41.1 Å².